The third-order valence-electron chi connectivity index (χ3n) is 2.39. The number of pyridine rings is 1. The van der Waals surface area contributed by atoms with Gasteiger partial charge in [-0.3, -0.25) is 14.9 Å². The fourth-order valence-corrected chi connectivity index (χ4v) is 1.89. The molecule has 1 heterocycles. The van der Waals surface area contributed by atoms with Gasteiger partial charge in [0.25, 0.3) is 11.6 Å². The van der Waals surface area contributed by atoms with Gasteiger partial charge < -0.3 is 5.32 Å². The lowest BCUT2D eigenvalue weighted by Crippen LogP contribution is -2.15. The van der Waals surface area contributed by atoms with Crippen LogP contribution in [0.1, 0.15) is 10.5 Å². The summed E-state index contributed by atoms with van der Waals surface area (Å²) in [6, 6.07) is 6.22. The lowest BCUT2D eigenvalue weighted by molar-refractivity contribution is -0.385. The Kier molecular flexibility index (Phi) is 4.04. The molecule has 0 aliphatic carbocycles. The molecule has 6 nitrogen and oxygen atoms in total. The Morgan fingerprint density at radius 3 is 2.75 bits per heavy atom. The highest BCUT2D eigenvalue weighted by molar-refractivity contribution is 9.10. The van der Waals surface area contributed by atoms with Crippen molar-refractivity contribution in [3.8, 4) is 0 Å². The molecular formula is C12H7BrFN3O3. The summed E-state index contributed by atoms with van der Waals surface area (Å²) in [5, 5.41) is 12.8. The highest BCUT2D eigenvalue weighted by atomic mass is 79.9. The van der Waals surface area contributed by atoms with E-state index in [9.17, 15) is 19.3 Å². The number of rotatable bonds is 3. The number of anilines is 1. The van der Waals surface area contributed by atoms with Crippen LogP contribution in [0.2, 0.25) is 0 Å². The van der Waals surface area contributed by atoms with Crippen LogP contribution in [0.5, 0.6) is 0 Å². The van der Waals surface area contributed by atoms with Gasteiger partial charge in [-0.15, -0.1) is 0 Å². The van der Waals surface area contributed by atoms with Crippen molar-refractivity contribution in [3.63, 3.8) is 0 Å². The zero-order valence-corrected chi connectivity index (χ0v) is 11.4. The third-order valence-corrected chi connectivity index (χ3v) is 3.03. The molecule has 1 N–H and O–H groups in total. The summed E-state index contributed by atoms with van der Waals surface area (Å²) in [6.45, 7) is 0. The van der Waals surface area contributed by atoms with Gasteiger partial charge in [0.2, 0.25) is 0 Å². The summed E-state index contributed by atoms with van der Waals surface area (Å²) >= 11 is 3.15. The van der Waals surface area contributed by atoms with E-state index < -0.39 is 16.6 Å². The summed E-state index contributed by atoms with van der Waals surface area (Å²) in [7, 11) is 0. The fourth-order valence-electron chi connectivity index (χ4n) is 1.45. The molecule has 8 heteroatoms. The number of hydrogen-bond acceptors (Lipinski definition) is 4. The van der Waals surface area contributed by atoms with Crippen molar-refractivity contribution in [1.29, 1.82) is 0 Å². The van der Waals surface area contributed by atoms with Gasteiger partial charge in [0, 0.05) is 16.7 Å². The predicted octanol–water partition coefficient (Wildman–Crippen LogP) is 3.14. The van der Waals surface area contributed by atoms with Crippen molar-refractivity contribution in [3.05, 3.63) is 62.6 Å². The van der Waals surface area contributed by atoms with Crippen LogP contribution < -0.4 is 5.32 Å². The number of carbonyl (C=O) groups excluding carboxylic acids is 1. The topological polar surface area (TPSA) is 85.1 Å². The van der Waals surface area contributed by atoms with Crippen molar-refractivity contribution < 1.29 is 14.1 Å². The minimum atomic E-state index is -0.889. The van der Waals surface area contributed by atoms with Crippen LogP contribution in [-0.4, -0.2) is 15.8 Å². The van der Waals surface area contributed by atoms with Gasteiger partial charge in [-0.05, 0) is 34.1 Å². The first kappa shape index (κ1) is 14.1. The lowest BCUT2D eigenvalue weighted by atomic mass is 10.2. The van der Waals surface area contributed by atoms with Crippen LogP contribution in [0.15, 0.2) is 41.0 Å². The molecule has 0 spiro atoms. The Bertz CT molecular complexity index is 693. The average Bonchev–Trinajstić information content (AvgIpc) is 2.41. The Hall–Kier alpha value is -2.35. The van der Waals surface area contributed by atoms with Gasteiger partial charge in [-0.25, -0.2) is 9.37 Å². The number of halogens is 2. The number of amides is 1. The van der Waals surface area contributed by atoms with Crippen molar-refractivity contribution in [1.82, 2.24) is 4.98 Å². The van der Waals surface area contributed by atoms with E-state index in [2.05, 4.69) is 26.2 Å². The van der Waals surface area contributed by atoms with Crippen molar-refractivity contribution in [2.45, 2.75) is 0 Å². The summed E-state index contributed by atoms with van der Waals surface area (Å²) < 4.78 is 14.1. The second-order valence-corrected chi connectivity index (χ2v) is 4.56. The number of nitro benzene ring substituents is 1. The van der Waals surface area contributed by atoms with Crippen LogP contribution in [-0.2, 0) is 0 Å². The van der Waals surface area contributed by atoms with E-state index in [1.54, 1.807) is 12.1 Å². The maximum absolute atomic E-state index is 13.6. The molecule has 0 aliphatic rings. The highest BCUT2D eigenvalue weighted by Crippen LogP contribution is 2.22. The SMILES string of the molecule is O=C(Nc1ccc([N+](=O)[O-])cc1F)c1ncccc1Br. The number of aromatic nitrogens is 1. The van der Waals surface area contributed by atoms with E-state index in [1.165, 1.54) is 6.20 Å². The molecule has 102 valence electrons. The molecule has 0 aliphatic heterocycles. The highest BCUT2D eigenvalue weighted by Gasteiger charge is 2.15. The number of nitro groups is 1. The van der Waals surface area contributed by atoms with Gasteiger partial charge >= 0.3 is 0 Å². The number of nitrogens with zero attached hydrogens (tertiary/aromatic N) is 2. The molecule has 0 saturated carbocycles. The second kappa shape index (κ2) is 5.74. The van der Waals surface area contributed by atoms with E-state index in [0.29, 0.717) is 4.47 Å². The van der Waals surface area contributed by atoms with Gasteiger partial charge in [0.1, 0.15) is 5.69 Å². The van der Waals surface area contributed by atoms with Crippen LogP contribution in [0.4, 0.5) is 15.8 Å². The minimum Gasteiger partial charge on any atom is -0.318 e. The smallest absolute Gasteiger partial charge is 0.275 e. The van der Waals surface area contributed by atoms with Crippen LogP contribution >= 0.6 is 15.9 Å². The first-order valence-electron chi connectivity index (χ1n) is 5.35. The summed E-state index contributed by atoms with van der Waals surface area (Å²) in [6.07, 6.45) is 1.42. The number of carbonyl (C=O) groups is 1. The van der Waals surface area contributed by atoms with Crippen LogP contribution in [0.25, 0.3) is 0 Å². The summed E-state index contributed by atoms with van der Waals surface area (Å²) in [4.78, 5) is 25.5. The molecule has 20 heavy (non-hydrogen) atoms. The molecule has 2 rings (SSSR count). The summed E-state index contributed by atoms with van der Waals surface area (Å²) in [5.41, 5.74) is -0.456. The maximum Gasteiger partial charge on any atom is 0.275 e. The molecule has 0 unspecified atom stereocenters. The van der Waals surface area contributed by atoms with Gasteiger partial charge in [0.05, 0.1) is 16.7 Å². The zero-order valence-electron chi connectivity index (χ0n) is 9.84. The molecule has 1 amide bonds. The normalized spacial score (nSPS) is 10.1. The standard InChI is InChI=1S/C12H7BrFN3O3/c13-8-2-1-5-15-11(8)12(18)16-10-4-3-7(17(19)20)6-9(10)14/h1-6H,(H,16,18). The molecule has 1 aromatic heterocycles. The maximum atomic E-state index is 13.6. The van der Waals surface area contributed by atoms with Gasteiger partial charge in [-0.1, -0.05) is 0 Å². The first-order chi connectivity index (χ1) is 9.49. The molecule has 0 atom stereocenters. The van der Waals surface area contributed by atoms with E-state index in [4.69, 9.17) is 0 Å². The Morgan fingerprint density at radius 1 is 1.40 bits per heavy atom. The van der Waals surface area contributed by atoms with E-state index in [-0.39, 0.29) is 17.1 Å². The van der Waals surface area contributed by atoms with Crippen LogP contribution in [0, 0.1) is 15.9 Å². The zero-order chi connectivity index (χ0) is 14.7. The molecule has 2 aromatic rings. The van der Waals surface area contributed by atoms with Gasteiger partial charge in [0.15, 0.2) is 5.82 Å². The monoisotopic (exact) mass is 339 g/mol. The minimum absolute atomic E-state index is 0.0882. The predicted molar refractivity (Wildman–Crippen MR) is 72.9 cm³/mol. The number of nitrogens with one attached hydrogen (secondary N) is 1. The quantitative estimate of drug-likeness (QED) is 0.687. The molecule has 1 aromatic carbocycles. The summed E-state index contributed by atoms with van der Waals surface area (Å²) in [5.74, 6) is -1.51. The first-order valence-corrected chi connectivity index (χ1v) is 6.14. The third kappa shape index (κ3) is 2.97. The largest absolute Gasteiger partial charge is 0.318 e. The molecular weight excluding hydrogens is 333 g/mol. The molecule has 0 saturated heterocycles. The number of hydrogen-bond donors (Lipinski definition) is 1. The van der Waals surface area contributed by atoms with Crippen molar-refractivity contribution >= 4 is 33.2 Å². The number of benzene rings is 1. The Labute approximate surface area is 120 Å². The lowest BCUT2D eigenvalue weighted by Gasteiger charge is -2.06. The molecule has 0 radical (unpaired) electrons. The van der Waals surface area contributed by atoms with E-state index >= 15 is 0 Å². The molecule has 0 bridgehead atoms. The van der Waals surface area contributed by atoms with Crippen molar-refractivity contribution in [2.24, 2.45) is 0 Å². The molecule has 0 fully saturated rings. The van der Waals surface area contributed by atoms with Crippen LogP contribution in [0.3, 0.4) is 0 Å². The van der Waals surface area contributed by atoms with E-state index in [1.807, 2.05) is 0 Å². The fraction of sp³-hybridized carbons (Fsp3) is 0. The average molecular weight is 340 g/mol. The number of non-ortho nitro benzene ring substituents is 1. The Morgan fingerprint density at radius 2 is 2.15 bits per heavy atom. The van der Waals surface area contributed by atoms with Gasteiger partial charge in [-0.2, -0.15) is 0 Å². The Balaban J connectivity index is 2.25. The second-order valence-electron chi connectivity index (χ2n) is 3.71. The van der Waals surface area contributed by atoms with E-state index in [0.717, 1.165) is 18.2 Å². The van der Waals surface area contributed by atoms with Crippen molar-refractivity contribution in [2.75, 3.05) is 5.32 Å².